The zero-order valence-corrected chi connectivity index (χ0v) is 4.85. The number of hydrogen-bond acceptors (Lipinski definition) is 1. The largest absolute Gasteiger partial charge is 0.261 e. The molecular formula is C7H9N. The standard InChI is InChI=1S/C7H9N/c1-2-4-7-6(3-1)5-8-7/h5H,1-4H2. The van der Waals surface area contributed by atoms with Crippen LogP contribution in [0.2, 0.25) is 0 Å². The summed E-state index contributed by atoms with van der Waals surface area (Å²) in [5.74, 6) is 0. The Hall–Kier alpha value is -0.590. The minimum Gasteiger partial charge on any atom is -0.261 e. The smallest absolute Gasteiger partial charge is 0.0451 e. The van der Waals surface area contributed by atoms with Gasteiger partial charge < -0.3 is 0 Å². The lowest BCUT2D eigenvalue weighted by atomic mass is 9.94. The van der Waals surface area contributed by atoms with Gasteiger partial charge in [0.15, 0.2) is 0 Å². The summed E-state index contributed by atoms with van der Waals surface area (Å²) in [5.41, 5.74) is 2.91. The van der Waals surface area contributed by atoms with Crippen LogP contribution in [0, 0.1) is 0 Å². The highest BCUT2D eigenvalue weighted by atomic mass is 14.8. The molecule has 0 radical (unpaired) electrons. The Morgan fingerprint density at radius 2 is 2.12 bits per heavy atom. The Morgan fingerprint density at radius 3 is 2.50 bits per heavy atom. The Kier molecular flexibility index (Phi) is 0.775. The summed E-state index contributed by atoms with van der Waals surface area (Å²) in [6, 6.07) is 0. The molecule has 1 heteroatoms. The third-order valence-corrected chi connectivity index (χ3v) is 1.86. The van der Waals surface area contributed by atoms with Crippen LogP contribution in [0.5, 0.6) is 0 Å². The fraction of sp³-hybridized carbons (Fsp3) is 0.571. The average molecular weight is 107 g/mol. The van der Waals surface area contributed by atoms with Crippen molar-refractivity contribution in [3.8, 4) is 0 Å². The van der Waals surface area contributed by atoms with Crippen LogP contribution in [0.1, 0.15) is 25.7 Å². The predicted octanol–water partition coefficient (Wildman–Crippen LogP) is 1.90. The molecule has 2 rings (SSSR count). The summed E-state index contributed by atoms with van der Waals surface area (Å²) < 4.78 is 0. The monoisotopic (exact) mass is 107 g/mol. The summed E-state index contributed by atoms with van der Waals surface area (Å²) in [7, 11) is 0. The normalized spacial score (nSPS) is 25.0. The number of aliphatic imine (C=N–C) groups is 1. The first-order valence-corrected chi connectivity index (χ1v) is 3.23. The average Bonchev–Trinajstić information content (AvgIpc) is 1.72. The lowest BCUT2D eigenvalue weighted by molar-refractivity contribution is 0.673. The molecule has 0 N–H and O–H groups in total. The van der Waals surface area contributed by atoms with E-state index in [4.69, 9.17) is 0 Å². The van der Waals surface area contributed by atoms with Crippen LogP contribution in [0.3, 0.4) is 0 Å². The first-order valence-electron chi connectivity index (χ1n) is 3.23. The molecule has 1 aliphatic carbocycles. The van der Waals surface area contributed by atoms with E-state index in [0.29, 0.717) is 0 Å². The van der Waals surface area contributed by atoms with E-state index in [-0.39, 0.29) is 0 Å². The van der Waals surface area contributed by atoms with E-state index >= 15 is 0 Å². The molecule has 0 atom stereocenters. The zero-order valence-electron chi connectivity index (χ0n) is 4.85. The fourth-order valence-electron chi connectivity index (χ4n) is 1.29. The molecule has 8 heavy (non-hydrogen) atoms. The molecule has 1 nitrogen and oxygen atoms in total. The third-order valence-electron chi connectivity index (χ3n) is 1.86. The molecule has 0 saturated carbocycles. The second-order valence-corrected chi connectivity index (χ2v) is 2.44. The molecule has 0 aromatic heterocycles. The van der Waals surface area contributed by atoms with Gasteiger partial charge in [0.25, 0.3) is 0 Å². The van der Waals surface area contributed by atoms with Crippen LogP contribution < -0.4 is 0 Å². The molecule has 0 amide bonds. The van der Waals surface area contributed by atoms with Gasteiger partial charge in [-0.2, -0.15) is 0 Å². The zero-order chi connectivity index (χ0) is 5.40. The van der Waals surface area contributed by atoms with Crippen molar-refractivity contribution in [2.24, 2.45) is 4.99 Å². The molecule has 1 aliphatic heterocycles. The van der Waals surface area contributed by atoms with Gasteiger partial charge in [-0.3, -0.25) is 4.99 Å². The Morgan fingerprint density at radius 1 is 1.25 bits per heavy atom. The molecule has 0 saturated heterocycles. The predicted molar refractivity (Wildman–Crippen MR) is 34.0 cm³/mol. The first kappa shape index (κ1) is 4.30. The van der Waals surface area contributed by atoms with E-state index in [9.17, 15) is 0 Å². The van der Waals surface area contributed by atoms with Crippen molar-refractivity contribution in [2.75, 3.05) is 0 Å². The number of hydrogen-bond donors (Lipinski definition) is 0. The molecule has 0 fully saturated rings. The quantitative estimate of drug-likeness (QED) is 0.448. The van der Waals surface area contributed by atoms with Crippen molar-refractivity contribution >= 4 is 6.21 Å². The van der Waals surface area contributed by atoms with E-state index in [1.807, 2.05) is 6.21 Å². The maximum atomic E-state index is 4.15. The summed E-state index contributed by atoms with van der Waals surface area (Å²) in [5, 5.41) is 0. The highest BCUT2D eigenvalue weighted by Crippen LogP contribution is 2.29. The number of allylic oxidation sites excluding steroid dienone is 2. The lowest BCUT2D eigenvalue weighted by Gasteiger charge is -2.19. The van der Waals surface area contributed by atoms with E-state index in [2.05, 4.69) is 4.99 Å². The van der Waals surface area contributed by atoms with E-state index in [0.717, 1.165) is 0 Å². The Labute approximate surface area is 49.1 Å². The molecular weight excluding hydrogens is 98.1 g/mol. The lowest BCUT2D eigenvalue weighted by Crippen LogP contribution is -2.06. The van der Waals surface area contributed by atoms with Gasteiger partial charge >= 0.3 is 0 Å². The van der Waals surface area contributed by atoms with Gasteiger partial charge in [-0.1, -0.05) is 0 Å². The van der Waals surface area contributed by atoms with Crippen LogP contribution >= 0.6 is 0 Å². The number of rotatable bonds is 0. The first-order chi connectivity index (χ1) is 3.97. The van der Waals surface area contributed by atoms with Crippen LogP contribution in [0.15, 0.2) is 16.3 Å². The van der Waals surface area contributed by atoms with Crippen LogP contribution in [0.4, 0.5) is 0 Å². The van der Waals surface area contributed by atoms with Gasteiger partial charge in [-0.25, -0.2) is 0 Å². The fourth-order valence-corrected chi connectivity index (χ4v) is 1.29. The molecule has 0 spiro atoms. The number of nitrogens with zero attached hydrogens (tertiary/aromatic N) is 1. The second-order valence-electron chi connectivity index (χ2n) is 2.44. The summed E-state index contributed by atoms with van der Waals surface area (Å²) in [6.45, 7) is 0. The van der Waals surface area contributed by atoms with Crippen LogP contribution in [0.25, 0.3) is 0 Å². The second kappa shape index (κ2) is 1.44. The van der Waals surface area contributed by atoms with Gasteiger partial charge in [0.2, 0.25) is 0 Å². The van der Waals surface area contributed by atoms with E-state index < -0.39 is 0 Å². The summed E-state index contributed by atoms with van der Waals surface area (Å²) in [6.07, 6.45) is 7.28. The maximum Gasteiger partial charge on any atom is 0.0451 e. The minimum absolute atomic E-state index is 1.24. The highest BCUT2D eigenvalue weighted by Gasteiger charge is 2.14. The minimum atomic E-state index is 1.24. The van der Waals surface area contributed by atoms with Gasteiger partial charge in [-0.15, -0.1) is 0 Å². The molecule has 0 aromatic carbocycles. The summed E-state index contributed by atoms with van der Waals surface area (Å²) >= 11 is 0. The van der Waals surface area contributed by atoms with Gasteiger partial charge in [-0.05, 0) is 31.3 Å². The highest BCUT2D eigenvalue weighted by molar-refractivity contribution is 5.86. The van der Waals surface area contributed by atoms with Crippen LogP contribution in [-0.2, 0) is 0 Å². The molecule has 2 aliphatic rings. The molecule has 42 valence electrons. The molecule has 0 aromatic rings. The van der Waals surface area contributed by atoms with Crippen molar-refractivity contribution < 1.29 is 0 Å². The Bertz CT molecular complexity index is 147. The summed E-state index contributed by atoms with van der Waals surface area (Å²) in [4.78, 5) is 4.15. The SMILES string of the molecule is C1=NC2=C1CCCC2. The van der Waals surface area contributed by atoms with Crippen molar-refractivity contribution in [3.05, 3.63) is 11.3 Å². The van der Waals surface area contributed by atoms with E-state index in [1.165, 1.54) is 37.0 Å². The van der Waals surface area contributed by atoms with Crippen molar-refractivity contribution in [1.82, 2.24) is 0 Å². The van der Waals surface area contributed by atoms with Crippen molar-refractivity contribution in [2.45, 2.75) is 25.7 Å². The van der Waals surface area contributed by atoms with Gasteiger partial charge in [0, 0.05) is 11.9 Å². The van der Waals surface area contributed by atoms with Crippen LogP contribution in [-0.4, -0.2) is 6.21 Å². The van der Waals surface area contributed by atoms with Gasteiger partial charge in [0.05, 0.1) is 0 Å². The maximum absolute atomic E-state index is 4.15. The van der Waals surface area contributed by atoms with Crippen molar-refractivity contribution in [3.63, 3.8) is 0 Å². The molecule has 0 unspecified atom stereocenters. The Balaban J connectivity index is 2.20. The van der Waals surface area contributed by atoms with E-state index in [1.54, 1.807) is 0 Å². The topological polar surface area (TPSA) is 12.4 Å². The molecule has 1 heterocycles. The van der Waals surface area contributed by atoms with Gasteiger partial charge in [0.1, 0.15) is 0 Å². The third kappa shape index (κ3) is 0.443. The molecule has 0 bridgehead atoms. The van der Waals surface area contributed by atoms with Crippen molar-refractivity contribution in [1.29, 1.82) is 0 Å².